The van der Waals surface area contributed by atoms with Gasteiger partial charge < -0.3 is 5.32 Å². The highest BCUT2D eigenvalue weighted by molar-refractivity contribution is 7.07. The molecule has 1 atom stereocenters. The van der Waals surface area contributed by atoms with Gasteiger partial charge in [-0.25, -0.2) is 4.98 Å². The van der Waals surface area contributed by atoms with Crippen molar-refractivity contribution in [1.82, 2.24) is 10.3 Å². The van der Waals surface area contributed by atoms with Crippen LogP contribution in [0.2, 0.25) is 0 Å². The fourth-order valence-electron chi connectivity index (χ4n) is 1.58. The van der Waals surface area contributed by atoms with Gasteiger partial charge in [0.2, 0.25) is 0 Å². The van der Waals surface area contributed by atoms with Crippen LogP contribution in [0.15, 0.2) is 35.2 Å². The van der Waals surface area contributed by atoms with Crippen molar-refractivity contribution in [2.45, 2.75) is 19.5 Å². The standard InChI is InChI=1S/C13H13N3S/c1-10(15-7-13-8-17-9-16-13)12-4-2-3-11(5-12)6-14/h2-5,8-10,15H,7H2,1H3. The molecule has 0 aliphatic rings. The first-order chi connectivity index (χ1) is 8.29. The van der Waals surface area contributed by atoms with E-state index >= 15 is 0 Å². The molecule has 2 rings (SSSR count). The van der Waals surface area contributed by atoms with E-state index in [1.165, 1.54) is 0 Å². The molecule has 0 saturated heterocycles. The second kappa shape index (κ2) is 5.58. The van der Waals surface area contributed by atoms with E-state index in [4.69, 9.17) is 5.26 Å². The van der Waals surface area contributed by atoms with E-state index in [1.54, 1.807) is 11.3 Å². The summed E-state index contributed by atoms with van der Waals surface area (Å²) in [6, 6.07) is 10.0. The van der Waals surface area contributed by atoms with Crippen LogP contribution >= 0.6 is 11.3 Å². The fourth-order valence-corrected chi connectivity index (χ4v) is 2.14. The van der Waals surface area contributed by atoms with Crippen LogP contribution < -0.4 is 5.32 Å². The lowest BCUT2D eigenvalue weighted by atomic mass is 10.1. The Balaban J connectivity index is 1.99. The van der Waals surface area contributed by atoms with Gasteiger partial charge in [-0.1, -0.05) is 12.1 Å². The van der Waals surface area contributed by atoms with Crippen molar-refractivity contribution in [3.05, 3.63) is 52.0 Å². The number of rotatable bonds is 4. The minimum atomic E-state index is 0.213. The molecule has 3 nitrogen and oxygen atoms in total. The van der Waals surface area contributed by atoms with Crippen molar-refractivity contribution in [1.29, 1.82) is 5.26 Å². The van der Waals surface area contributed by atoms with Gasteiger partial charge >= 0.3 is 0 Å². The quantitative estimate of drug-likeness (QED) is 0.898. The van der Waals surface area contributed by atoms with Crippen LogP contribution in [0.5, 0.6) is 0 Å². The molecule has 1 aromatic carbocycles. The molecule has 0 spiro atoms. The maximum Gasteiger partial charge on any atom is 0.0991 e. The van der Waals surface area contributed by atoms with Gasteiger partial charge in [0.15, 0.2) is 0 Å². The topological polar surface area (TPSA) is 48.7 Å². The molecule has 4 heteroatoms. The molecule has 0 aliphatic carbocycles. The number of nitrogens with one attached hydrogen (secondary N) is 1. The molecule has 2 aromatic rings. The van der Waals surface area contributed by atoms with E-state index < -0.39 is 0 Å². The van der Waals surface area contributed by atoms with Crippen molar-refractivity contribution in [3.63, 3.8) is 0 Å². The number of thiazole rings is 1. The first-order valence-corrected chi connectivity index (χ1v) is 6.34. The number of benzene rings is 1. The van der Waals surface area contributed by atoms with E-state index in [0.717, 1.165) is 17.8 Å². The smallest absolute Gasteiger partial charge is 0.0991 e. The second-order valence-corrected chi connectivity index (χ2v) is 4.54. The van der Waals surface area contributed by atoms with E-state index in [2.05, 4.69) is 23.3 Å². The number of nitrogens with zero attached hydrogens (tertiary/aromatic N) is 2. The molecule has 1 unspecified atom stereocenters. The van der Waals surface area contributed by atoms with Gasteiger partial charge in [0.25, 0.3) is 0 Å². The predicted octanol–water partition coefficient (Wildman–Crippen LogP) is 2.87. The molecule has 17 heavy (non-hydrogen) atoms. The molecule has 1 N–H and O–H groups in total. The minimum Gasteiger partial charge on any atom is -0.305 e. The Hall–Kier alpha value is -1.70. The maximum absolute atomic E-state index is 8.84. The molecule has 0 aliphatic heterocycles. The summed E-state index contributed by atoms with van der Waals surface area (Å²) in [6.45, 7) is 2.84. The molecule has 1 heterocycles. The van der Waals surface area contributed by atoms with Crippen LogP contribution in [0.3, 0.4) is 0 Å². The van der Waals surface area contributed by atoms with Crippen molar-refractivity contribution in [2.24, 2.45) is 0 Å². The van der Waals surface area contributed by atoms with Crippen molar-refractivity contribution >= 4 is 11.3 Å². The van der Waals surface area contributed by atoms with Crippen LogP contribution in [0.4, 0.5) is 0 Å². The third kappa shape index (κ3) is 3.13. The number of hydrogen-bond acceptors (Lipinski definition) is 4. The highest BCUT2D eigenvalue weighted by atomic mass is 32.1. The minimum absolute atomic E-state index is 0.213. The summed E-state index contributed by atoms with van der Waals surface area (Å²) in [5, 5.41) is 14.3. The van der Waals surface area contributed by atoms with Crippen LogP contribution in [0.1, 0.15) is 29.8 Å². The molecule has 0 saturated carbocycles. The Morgan fingerprint density at radius 2 is 2.41 bits per heavy atom. The van der Waals surface area contributed by atoms with E-state index in [1.807, 2.05) is 35.2 Å². The van der Waals surface area contributed by atoms with Crippen molar-refractivity contribution < 1.29 is 0 Å². The number of hydrogen-bond donors (Lipinski definition) is 1. The summed E-state index contributed by atoms with van der Waals surface area (Å²) >= 11 is 1.60. The zero-order valence-electron chi connectivity index (χ0n) is 9.55. The fraction of sp³-hybridized carbons (Fsp3) is 0.231. The highest BCUT2D eigenvalue weighted by Crippen LogP contribution is 2.14. The zero-order valence-corrected chi connectivity index (χ0v) is 10.4. The summed E-state index contributed by atoms with van der Waals surface area (Å²) in [5.41, 5.74) is 4.71. The summed E-state index contributed by atoms with van der Waals surface area (Å²) in [4.78, 5) is 4.22. The Morgan fingerprint density at radius 3 is 3.12 bits per heavy atom. The summed E-state index contributed by atoms with van der Waals surface area (Å²) in [6.07, 6.45) is 0. The summed E-state index contributed by atoms with van der Waals surface area (Å²) in [5.74, 6) is 0. The van der Waals surface area contributed by atoms with E-state index in [-0.39, 0.29) is 6.04 Å². The highest BCUT2D eigenvalue weighted by Gasteiger charge is 2.06. The first-order valence-electron chi connectivity index (χ1n) is 5.40. The molecule has 1 aromatic heterocycles. The monoisotopic (exact) mass is 243 g/mol. The zero-order chi connectivity index (χ0) is 12.1. The normalized spacial score (nSPS) is 12.0. The molecular formula is C13H13N3S. The van der Waals surface area contributed by atoms with Gasteiger partial charge in [-0.3, -0.25) is 0 Å². The third-order valence-electron chi connectivity index (χ3n) is 2.59. The average molecular weight is 243 g/mol. The Kier molecular flexibility index (Phi) is 3.86. The number of nitriles is 1. The van der Waals surface area contributed by atoms with Crippen molar-refractivity contribution in [2.75, 3.05) is 0 Å². The lowest BCUT2D eigenvalue weighted by Gasteiger charge is -2.13. The maximum atomic E-state index is 8.84. The lowest BCUT2D eigenvalue weighted by molar-refractivity contribution is 0.569. The van der Waals surface area contributed by atoms with E-state index in [9.17, 15) is 0 Å². The average Bonchev–Trinajstić information content (AvgIpc) is 2.89. The Morgan fingerprint density at radius 1 is 1.53 bits per heavy atom. The molecule has 0 fully saturated rings. The van der Waals surface area contributed by atoms with E-state index in [0.29, 0.717) is 5.56 Å². The van der Waals surface area contributed by atoms with Gasteiger partial charge in [-0.05, 0) is 24.6 Å². The Labute approximate surface area is 105 Å². The summed E-state index contributed by atoms with van der Waals surface area (Å²) < 4.78 is 0. The summed E-state index contributed by atoms with van der Waals surface area (Å²) in [7, 11) is 0. The van der Waals surface area contributed by atoms with Crippen LogP contribution in [0, 0.1) is 11.3 Å². The first kappa shape index (κ1) is 11.8. The predicted molar refractivity (Wildman–Crippen MR) is 68.5 cm³/mol. The largest absolute Gasteiger partial charge is 0.305 e. The van der Waals surface area contributed by atoms with Crippen molar-refractivity contribution in [3.8, 4) is 6.07 Å². The molecule has 86 valence electrons. The van der Waals surface area contributed by atoms with Gasteiger partial charge in [-0.2, -0.15) is 5.26 Å². The SMILES string of the molecule is CC(NCc1cscn1)c1cccc(C#N)c1. The molecule has 0 bridgehead atoms. The van der Waals surface area contributed by atoms with Gasteiger partial charge in [0.1, 0.15) is 0 Å². The molecule has 0 radical (unpaired) electrons. The second-order valence-electron chi connectivity index (χ2n) is 3.82. The van der Waals surface area contributed by atoms with Crippen LogP contribution in [-0.2, 0) is 6.54 Å². The van der Waals surface area contributed by atoms with Gasteiger partial charge in [0, 0.05) is 18.0 Å². The number of aromatic nitrogens is 1. The van der Waals surface area contributed by atoms with Gasteiger partial charge in [-0.15, -0.1) is 11.3 Å². The Bertz CT molecular complexity index is 514. The van der Waals surface area contributed by atoms with Crippen LogP contribution in [-0.4, -0.2) is 4.98 Å². The van der Waals surface area contributed by atoms with Crippen LogP contribution in [0.25, 0.3) is 0 Å². The third-order valence-corrected chi connectivity index (χ3v) is 3.22. The lowest BCUT2D eigenvalue weighted by Crippen LogP contribution is -2.18. The molecule has 0 amide bonds. The molecular weight excluding hydrogens is 230 g/mol. The van der Waals surface area contributed by atoms with Gasteiger partial charge in [0.05, 0.1) is 22.8 Å².